The van der Waals surface area contributed by atoms with E-state index in [0.29, 0.717) is 5.92 Å². The first kappa shape index (κ1) is 20.0. The maximum absolute atomic E-state index is 12.1. The van der Waals surface area contributed by atoms with Gasteiger partial charge in [0.15, 0.2) is 0 Å². The fourth-order valence-electron chi connectivity index (χ4n) is 6.25. The van der Waals surface area contributed by atoms with Gasteiger partial charge in [-0.1, -0.05) is 27.2 Å². The number of fused-ring (bicyclic) bond motifs is 1. The summed E-state index contributed by atoms with van der Waals surface area (Å²) in [4.78, 5) is 12.1. The molecule has 0 spiro atoms. The van der Waals surface area contributed by atoms with Crippen molar-refractivity contribution in [1.29, 1.82) is 0 Å². The maximum Gasteiger partial charge on any atom is 0.306 e. The average Bonchev–Trinajstić information content (AvgIpc) is 2.61. The molecule has 2 saturated carbocycles. The van der Waals surface area contributed by atoms with Crippen LogP contribution in [-0.2, 0) is 11.2 Å². The molecule has 4 nitrogen and oxygen atoms in total. The predicted octanol–water partition coefficient (Wildman–Crippen LogP) is 5.19. The molecule has 1 aromatic rings. The fraction of sp³-hybridized carbons (Fsp3) is 0.696. The summed E-state index contributed by atoms with van der Waals surface area (Å²) >= 11 is 0. The van der Waals surface area contributed by atoms with Gasteiger partial charge in [-0.2, -0.15) is 0 Å². The van der Waals surface area contributed by atoms with Gasteiger partial charge in [-0.25, -0.2) is 0 Å². The summed E-state index contributed by atoms with van der Waals surface area (Å²) in [5.74, 6) is 1.31. The van der Waals surface area contributed by atoms with Gasteiger partial charge in [0.2, 0.25) is 0 Å². The summed E-state index contributed by atoms with van der Waals surface area (Å²) in [5.41, 5.74) is 1.44. The zero-order valence-corrected chi connectivity index (χ0v) is 17.4. The van der Waals surface area contributed by atoms with Crippen LogP contribution < -0.4 is 9.47 Å². The molecule has 0 radical (unpaired) electrons. The van der Waals surface area contributed by atoms with Crippen molar-refractivity contribution in [3.8, 4) is 11.5 Å². The smallest absolute Gasteiger partial charge is 0.306 e. The Kier molecular flexibility index (Phi) is 5.47. The maximum atomic E-state index is 12.1. The lowest BCUT2D eigenvalue weighted by atomic mass is 9.46. The van der Waals surface area contributed by atoms with Gasteiger partial charge in [0.25, 0.3) is 0 Å². The van der Waals surface area contributed by atoms with Gasteiger partial charge < -0.3 is 14.6 Å². The first-order valence-electron chi connectivity index (χ1n) is 10.2. The van der Waals surface area contributed by atoms with E-state index in [-0.39, 0.29) is 22.7 Å². The van der Waals surface area contributed by atoms with Crippen molar-refractivity contribution < 1.29 is 19.4 Å². The third-order valence-electron chi connectivity index (χ3n) is 7.56. The first-order valence-corrected chi connectivity index (χ1v) is 10.2. The number of carbonyl (C=O) groups is 1. The number of ether oxygens (including phenoxy) is 2. The Morgan fingerprint density at radius 2 is 1.70 bits per heavy atom. The molecular weight excluding hydrogens is 340 g/mol. The van der Waals surface area contributed by atoms with Crippen LogP contribution in [0.25, 0.3) is 0 Å². The molecule has 0 unspecified atom stereocenters. The molecule has 1 N–H and O–H groups in total. The van der Waals surface area contributed by atoms with E-state index < -0.39 is 5.97 Å². The minimum absolute atomic E-state index is 0.0549. The summed E-state index contributed by atoms with van der Waals surface area (Å²) in [5, 5.41) is 9.97. The highest BCUT2D eigenvalue weighted by atomic mass is 16.5. The molecule has 4 atom stereocenters. The van der Waals surface area contributed by atoms with Crippen LogP contribution in [0.4, 0.5) is 0 Å². The molecule has 2 aliphatic carbocycles. The summed E-state index contributed by atoms with van der Waals surface area (Å²) in [6.07, 6.45) is 6.11. The van der Waals surface area contributed by atoms with Crippen molar-refractivity contribution in [2.24, 2.45) is 28.6 Å². The Labute approximate surface area is 163 Å². The second-order valence-corrected chi connectivity index (χ2v) is 9.45. The summed E-state index contributed by atoms with van der Waals surface area (Å²) in [6.45, 7) is 7.11. The van der Waals surface area contributed by atoms with Crippen molar-refractivity contribution >= 4 is 5.97 Å². The second-order valence-electron chi connectivity index (χ2n) is 9.45. The minimum atomic E-state index is -0.641. The topological polar surface area (TPSA) is 55.8 Å². The van der Waals surface area contributed by atoms with E-state index in [1.54, 1.807) is 14.2 Å². The monoisotopic (exact) mass is 374 g/mol. The molecule has 0 bridgehead atoms. The largest absolute Gasteiger partial charge is 0.497 e. The molecule has 4 heteroatoms. The van der Waals surface area contributed by atoms with Gasteiger partial charge in [0.1, 0.15) is 11.5 Å². The highest BCUT2D eigenvalue weighted by molar-refractivity contribution is 5.70. The predicted molar refractivity (Wildman–Crippen MR) is 106 cm³/mol. The Bertz CT molecular complexity index is 673. The standard InChI is InChI=1S/C23H34O4/c1-22(2)9-6-10-23(3)19(18(21(24)25)7-8-20(22)23)13-15-11-16(26-4)14-17(12-15)27-5/h11-12,14,18-20H,6-10,13H2,1-5H3,(H,24,25)/t18-,19-,20-,23+/m0/s1. The number of rotatable bonds is 5. The van der Waals surface area contributed by atoms with Gasteiger partial charge in [-0.3, -0.25) is 4.79 Å². The SMILES string of the molecule is COc1cc(C[C@H]2[C@@H](C(=O)O)CC[C@H]3C(C)(C)CCC[C@]23C)cc(OC)c1. The van der Waals surface area contributed by atoms with Crippen LogP contribution in [0.5, 0.6) is 11.5 Å². The molecule has 0 heterocycles. The molecule has 0 saturated heterocycles. The molecule has 0 aromatic heterocycles. The summed E-state index contributed by atoms with van der Waals surface area (Å²) < 4.78 is 10.9. The van der Waals surface area contributed by atoms with E-state index in [1.165, 1.54) is 12.8 Å². The third-order valence-corrected chi connectivity index (χ3v) is 7.56. The van der Waals surface area contributed by atoms with Crippen LogP contribution in [0.15, 0.2) is 18.2 Å². The van der Waals surface area contributed by atoms with E-state index in [1.807, 2.05) is 18.2 Å². The minimum Gasteiger partial charge on any atom is -0.497 e. The van der Waals surface area contributed by atoms with Crippen molar-refractivity contribution in [3.63, 3.8) is 0 Å². The lowest BCUT2D eigenvalue weighted by Gasteiger charge is -2.59. The van der Waals surface area contributed by atoms with E-state index in [2.05, 4.69) is 20.8 Å². The van der Waals surface area contributed by atoms with E-state index in [0.717, 1.165) is 42.7 Å². The summed E-state index contributed by atoms with van der Waals surface area (Å²) in [7, 11) is 3.31. The zero-order chi connectivity index (χ0) is 19.8. The molecule has 0 amide bonds. The molecule has 27 heavy (non-hydrogen) atoms. The molecule has 150 valence electrons. The summed E-state index contributed by atoms with van der Waals surface area (Å²) in [6, 6.07) is 5.93. The number of hydrogen-bond donors (Lipinski definition) is 1. The molecule has 2 aliphatic rings. The highest BCUT2D eigenvalue weighted by Gasteiger charge is 2.55. The van der Waals surface area contributed by atoms with E-state index >= 15 is 0 Å². The molecule has 2 fully saturated rings. The lowest BCUT2D eigenvalue weighted by molar-refractivity contribution is -0.157. The van der Waals surface area contributed by atoms with Gasteiger partial charge in [0, 0.05) is 6.07 Å². The number of hydrogen-bond acceptors (Lipinski definition) is 3. The number of carboxylic acid groups (broad SMARTS) is 1. The van der Waals surface area contributed by atoms with Crippen molar-refractivity contribution in [1.82, 2.24) is 0 Å². The number of benzene rings is 1. The van der Waals surface area contributed by atoms with Crippen LogP contribution >= 0.6 is 0 Å². The molecule has 1 aromatic carbocycles. The molecule has 0 aliphatic heterocycles. The number of aliphatic carboxylic acids is 1. The van der Waals surface area contributed by atoms with Crippen LogP contribution in [0.1, 0.15) is 58.4 Å². The van der Waals surface area contributed by atoms with E-state index in [9.17, 15) is 9.90 Å². The van der Waals surface area contributed by atoms with Gasteiger partial charge in [-0.05, 0) is 72.5 Å². The van der Waals surface area contributed by atoms with Crippen molar-refractivity contribution in [3.05, 3.63) is 23.8 Å². The average molecular weight is 375 g/mol. The zero-order valence-electron chi connectivity index (χ0n) is 17.4. The van der Waals surface area contributed by atoms with Crippen LogP contribution in [-0.4, -0.2) is 25.3 Å². The van der Waals surface area contributed by atoms with Gasteiger partial charge in [0.05, 0.1) is 20.1 Å². The molecule has 3 rings (SSSR count). The Balaban J connectivity index is 1.99. The molecular formula is C23H34O4. The van der Waals surface area contributed by atoms with E-state index in [4.69, 9.17) is 9.47 Å². The van der Waals surface area contributed by atoms with Crippen LogP contribution in [0, 0.1) is 28.6 Å². The van der Waals surface area contributed by atoms with Gasteiger partial charge in [-0.15, -0.1) is 0 Å². The second kappa shape index (κ2) is 7.37. The first-order chi connectivity index (χ1) is 12.7. The van der Waals surface area contributed by atoms with Crippen molar-refractivity contribution in [2.75, 3.05) is 14.2 Å². The van der Waals surface area contributed by atoms with Gasteiger partial charge >= 0.3 is 5.97 Å². The van der Waals surface area contributed by atoms with Crippen LogP contribution in [0.2, 0.25) is 0 Å². The quantitative estimate of drug-likeness (QED) is 0.770. The highest BCUT2D eigenvalue weighted by Crippen LogP contribution is 2.61. The third kappa shape index (κ3) is 3.68. The number of methoxy groups -OCH3 is 2. The lowest BCUT2D eigenvalue weighted by Crippen LogP contribution is -2.53. The Hall–Kier alpha value is -1.71. The normalized spacial score (nSPS) is 32.4. The Morgan fingerprint density at radius 1 is 1.07 bits per heavy atom. The van der Waals surface area contributed by atoms with Crippen molar-refractivity contribution in [2.45, 2.75) is 59.3 Å². The number of carboxylic acids is 1. The Morgan fingerprint density at radius 3 is 2.26 bits per heavy atom. The fourth-order valence-corrected chi connectivity index (χ4v) is 6.25. The van der Waals surface area contributed by atoms with Crippen LogP contribution in [0.3, 0.4) is 0 Å².